The topological polar surface area (TPSA) is 22.8 Å². The van der Waals surface area contributed by atoms with E-state index >= 15 is 0 Å². The maximum atomic E-state index is 13.3. The van der Waals surface area contributed by atoms with Gasteiger partial charge in [0.05, 0.1) is 12.4 Å². The summed E-state index contributed by atoms with van der Waals surface area (Å²) in [6.07, 6.45) is 9.79. The molecule has 4 aromatic rings. The molecular formula is C21H18FN3. The van der Waals surface area contributed by atoms with Crippen molar-refractivity contribution in [3.05, 3.63) is 103 Å². The average molecular weight is 331 g/mol. The van der Waals surface area contributed by atoms with Crippen LogP contribution in [0.4, 0.5) is 4.39 Å². The number of hydrogen-bond acceptors (Lipinski definition) is 1. The third-order valence-corrected chi connectivity index (χ3v) is 4.37. The van der Waals surface area contributed by atoms with Gasteiger partial charge in [-0.15, -0.1) is 0 Å². The second-order valence-electron chi connectivity index (χ2n) is 6.12. The first-order chi connectivity index (χ1) is 12.2. The highest BCUT2D eigenvalue weighted by Gasteiger charge is 2.21. The lowest BCUT2D eigenvalue weighted by molar-refractivity contribution is 0.628. The van der Waals surface area contributed by atoms with Gasteiger partial charge in [-0.25, -0.2) is 9.37 Å². The molecule has 4 heteroatoms. The van der Waals surface area contributed by atoms with Gasteiger partial charge in [-0.3, -0.25) is 0 Å². The minimum atomic E-state index is -0.226. The fourth-order valence-corrected chi connectivity index (χ4v) is 3.26. The van der Waals surface area contributed by atoms with E-state index < -0.39 is 0 Å². The summed E-state index contributed by atoms with van der Waals surface area (Å²) in [6.45, 7) is 0. The molecule has 0 N–H and O–H groups in total. The van der Waals surface area contributed by atoms with E-state index in [1.165, 1.54) is 17.7 Å². The lowest BCUT2D eigenvalue weighted by Crippen LogP contribution is -2.10. The smallest absolute Gasteiger partial charge is 0.123 e. The van der Waals surface area contributed by atoms with Gasteiger partial charge in [-0.2, -0.15) is 0 Å². The number of rotatable bonds is 4. The second-order valence-corrected chi connectivity index (χ2v) is 6.12. The summed E-state index contributed by atoms with van der Waals surface area (Å²) >= 11 is 0. The van der Waals surface area contributed by atoms with E-state index in [0.717, 1.165) is 16.7 Å². The van der Waals surface area contributed by atoms with E-state index in [-0.39, 0.29) is 11.9 Å². The van der Waals surface area contributed by atoms with Crippen LogP contribution in [0.25, 0.3) is 11.1 Å². The van der Waals surface area contributed by atoms with Crippen LogP contribution in [-0.4, -0.2) is 14.1 Å². The fraction of sp³-hybridized carbons (Fsp3) is 0.0952. The highest BCUT2D eigenvalue weighted by Crippen LogP contribution is 2.35. The van der Waals surface area contributed by atoms with Crippen molar-refractivity contribution < 1.29 is 4.39 Å². The zero-order valence-electron chi connectivity index (χ0n) is 13.9. The molecule has 0 saturated carbocycles. The molecule has 0 saturated heterocycles. The second kappa shape index (κ2) is 6.40. The van der Waals surface area contributed by atoms with Crippen LogP contribution in [0.3, 0.4) is 0 Å². The van der Waals surface area contributed by atoms with Gasteiger partial charge in [0, 0.05) is 43.0 Å². The van der Waals surface area contributed by atoms with E-state index in [9.17, 15) is 4.39 Å². The number of halogens is 1. The normalized spacial score (nSPS) is 12.2. The molecule has 25 heavy (non-hydrogen) atoms. The highest BCUT2D eigenvalue weighted by molar-refractivity contribution is 5.68. The molecule has 0 spiro atoms. The molecule has 4 rings (SSSR count). The lowest BCUT2D eigenvalue weighted by atomic mass is 9.94. The first kappa shape index (κ1) is 15.4. The molecule has 124 valence electrons. The van der Waals surface area contributed by atoms with E-state index in [1.807, 2.05) is 54.5 Å². The predicted molar refractivity (Wildman–Crippen MR) is 96.7 cm³/mol. The number of imidazole rings is 1. The lowest BCUT2D eigenvalue weighted by Gasteiger charge is -2.20. The highest BCUT2D eigenvalue weighted by atomic mass is 19.1. The molecule has 0 amide bonds. The molecule has 0 aliphatic heterocycles. The van der Waals surface area contributed by atoms with E-state index in [1.54, 1.807) is 6.20 Å². The zero-order chi connectivity index (χ0) is 17.2. The Hall–Kier alpha value is -3.14. The third kappa shape index (κ3) is 2.98. The Morgan fingerprint density at radius 1 is 0.960 bits per heavy atom. The molecule has 2 aromatic heterocycles. The van der Waals surface area contributed by atoms with Crippen LogP contribution in [0.5, 0.6) is 0 Å². The molecule has 2 heterocycles. The molecule has 0 unspecified atom stereocenters. The van der Waals surface area contributed by atoms with Crippen LogP contribution in [-0.2, 0) is 7.05 Å². The van der Waals surface area contributed by atoms with Crippen LogP contribution in [0, 0.1) is 5.82 Å². The zero-order valence-corrected chi connectivity index (χ0v) is 13.9. The fourth-order valence-electron chi connectivity index (χ4n) is 3.26. The minimum absolute atomic E-state index is 0.00459. The first-order valence-corrected chi connectivity index (χ1v) is 8.16. The van der Waals surface area contributed by atoms with Gasteiger partial charge in [-0.05, 0) is 23.3 Å². The number of hydrogen-bond donors (Lipinski definition) is 0. The van der Waals surface area contributed by atoms with Crippen molar-refractivity contribution in [2.24, 2.45) is 7.05 Å². The maximum absolute atomic E-state index is 13.3. The Morgan fingerprint density at radius 2 is 1.72 bits per heavy atom. The maximum Gasteiger partial charge on any atom is 0.123 e. The summed E-state index contributed by atoms with van der Waals surface area (Å²) in [7, 11) is 2.01. The number of aryl methyl sites for hydroxylation is 1. The molecule has 0 fully saturated rings. The number of aromatic nitrogens is 3. The van der Waals surface area contributed by atoms with Crippen LogP contribution < -0.4 is 0 Å². The van der Waals surface area contributed by atoms with Crippen LogP contribution in [0.15, 0.2) is 85.7 Å². The minimum Gasteiger partial charge on any atom is -0.356 e. The third-order valence-electron chi connectivity index (χ3n) is 4.37. The number of nitrogens with zero attached hydrogens (tertiary/aromatic N) is 3. The van der Waals surface area contributed by atoms with Gasteiger partial charge in [0.1, 0.15) is 5.82 Å². The number of benzene rings is 2. The molecular weight excluding hydrogens is 313 g/mol. The quantitative estimate of drug-likeness (QED) is 0.533. The van der Waals surface area contributed by atoms with Crippen molar-refractivity contribution in [2.75, 3.05) is 0 Å². The standard InChI is InChI=1S/C21H18FN3/c1-24-13-19(16-7-9-18(22)10-8-16)20(14-24)21(25-12-11-23-15-25)17-5-3-2-4-6-17/h2-15,21H,1H3/t21-/m1/s1. The van der Waals surface area contributed by atoms with Crippen molar-refractivity contribution in [1.29, 1.82) is 0 Å². The Labute approximate surface area is 146 Å². The largest absolute Gasteiger partial charge is 0.356 e. The SMILES string of the molecule is Cn1cc(-c2ccc(F)cc2)c([C@@H](c2ccccc2)n2ccnc2)c1. The van der Waals surface area contributed by atoms with Gasteiger partial charge >= 0.3 is 0 Å². The Morgan fingerprint density at radius 3 is 2.40 bits per heavy atom. The predicted octanol–water partition coefficient (Wildman–Crippen LogP) is 4.67. The van der Waals surface area contributed by atoms with Crippen LogP contribution in [0.1, 0.15) is 17.2 Å². The molecule has 3 nitrogen and oxygen atoms in total. The molecule has 0 bridgehead atoms. The summed E-state index contributed by atoms with van der Waals surface area (Å²) in [5, 5.41) is 0. The van der Waals surface area contributed by atoms with E-state index in [4.69, 9.17) is 0 Å². The van der Waals surface area contributed by atoms with E-state index in [2.05, 4.69) is 34.1 Å². The monoisotopic (exact) mass is 331 g/mol. The summed E-state index contributed by atoms with van der Waals surface area (Å²) in [5.41, 5.74) is 4.41. The first-order valence-electron chi connectivity index (χ1n) is 8.16. The average Bonchev–Trinajstić information content (AvgIpc) is 3.28. The van der Waals surface area contributed by atoms with Gasteiger partial charge in [-0.1, -0.05) is 42.5 Å². The Kier molecular flexibility index (Phi) is 3.94. The van der Waals surface area contributed by atoms with Crippen molar-refractivity contribution in [2.45, 2.75) is 6.04 Å². The van der Waals surface area contributed by atoms with Crippen molar-refractivity contribution >= 4 is 0 Å². The van der Waals surface area contributed by atoms with Crippen LogP contribution >= 0.6 is 0 Å². The summed E-state index contributed by atoms with van der Waals surface area (Å²) in [6, 6.07) is 17.0. The molecule has 2 aromatic carbocycles. The van der Waals surface area contributed by atoms with Crippen LogP contribution in [0.2, 0.25) is 0 Å². The Bertz CT molecular complexity index is 954. The molecule has 0 aliphatic rings. The summed E-state index contributed by atoms with van der Waals surface area (Å²) in [5.74, 6) is -0.226. The molecule has 1 atom stereocenters. The van der Waals surface area contributed by atoms with Crippen molar-refractivity contribution in [3.63, 3.8) is 0 Å². The summed E-state index contributed by atoms with van der Waals surface area (Å²) < 4.78 is 17.5. The molecule has 0 aliphatic carbocycles. The van der Waals surface area contributed by atoms with Gasteiger partial charge in [0.2, 0.25) is 0 Å². The van der Waals surface area contributed by atoms with E-state index in [0.29, 0.717) is 0 Å². The molecule has 0 radical (unpaired) electrons. The van der Waals surface area contributed by atoms with Gasteiger partial charge in [0.15, 0.2) is 0 Å². The van der Waals surface area contributed by atoms with Gasteiger partial charge < -0.3 is 9.13 Å². The summed E-state index contributed by atoms with van der Waals surface area (Å²) in [4.78, 5) is 4.22. The van der Waals surface area contributed by atoms with Crippen molar-refractivity contribution in [1.82, 2.24) is 14.1 Å². The van der Waals surface area contributed by atoms with Crippen molar-refractivity contribution in [3.8, 4) is 11.1 Å². The van der Waals surface area contributed by atoms with Gasteiger partial charge in [0.25, 0.3) is 0 Å². The Balaban J connectivity index is 1.90.